The Balaban J connectivity index is 2.35. The number of nitrogens with two attached hydrogens (primary N) is 1. The summed E-state index contributed by atoms with van der Waals surface area (Å²) in [7, 11) is 0. The van der Waals surface area contributed by atoms with E-state index >= 15 is 0 Å². The van der Waals surface area contributed by atoms with Gasteiger partial charge in [0.2, 0.25) is 0 Å². The van der Waals surface area contributed by atoms with E-state index in [1.807, 2.05) is 6.07 Å². The van der Waals surface area contributed by atoms with Gasteiger partial charge in [0.15, 0.2) is 0 Å². The predicted octanol–water partition coefficient (Wildman–Crippen LogP) is 3.04. The van der Waals surface area contributed by atoms with Crippen LogP contribution in [0.3, 0.4) is 0 Å². The van der Waals surface area contributed by atoms with Crippen molar-refractivity contribution in [3.05, 3.63) is 34.1 Å². The van der Waals surface area contributed by atoms with Gasteiger partial charge in [-0.25, -0.2) is 4.39 Å². The summed E-state index contributed by atoms with van der Waals surface area (Å²) in [6.07, 6.45) is 0. The second-order valence-electron chi connectivity index (χ2n) is 4.53. The van der Waals surface area contributed by atoms with Gasteiger partial charge in [-0.1, -0.05) is 29.8 Å². The van der Waals surface area contributed by atoms with E-state index in [4.69, 9.17) is 5.73 Å². The molecule has 76 valence electrons. The zero-order chi connectivity index (χ0) is 10.5. The standard InChI is InChI=1S/C11H13BrFN/c1-11(2)9(10(11)14)6-3-7(12)5-8(13)4-6/h3-5,9-10H,14H2,1-2H3/t9-,10-/m0/s1. The van der Waals surface area contributed by atoms with Crippen LogP contribution in [0.1, 0.15) is 25.3 Å². The fourth-order valence-electron chi connectivity index (χ4n) is 2.07. The molecule has 1 aliphatic rings. The third-order valence-corrected chi connectivity index (χ3v) is 3.61. The van der Waals surface area contributed by atoms with Crippen molar-refractivity contribution in [3.8, 4) is 0 Å². The first-order valence-electron chi connectivity index (χ1n) is 4.64. The summed E-state index contributed by atoms with van der Waals surface area (Å²) in [6.45, 7) is 4.22. The van der Waals surface area contributed by atoms with Crippen LogP contribution in [0.25, 0.3) is 0 Å². The van der Waals surface area contributed by atoms with Crippen molar-refractivity contribution in [1.82, 2.24) is 0 Å². The monoisotopic (exact) mass is 257 g/mol. The van der Waals surface area contributed by atoms with Crippen LogP contribution in [0.5, 0.6) is 0 Å². The minimum Gasteiger partial charge on any atom is -0.327 e. The normalized spacial score (nSPS) is 28.9. The van der Waals surface area contributed by atoms with Crippen molar-refractivity contribution in [2.24, 2.45) is 11.1 Å². The lowest BCUT2D eigenvalue weighted by molar-refractivity contribution is 0.594. The van der Waals surface area contributed by atoms with E-state index in [1.54, 1.807) is 6.07 Å². The summed E-state index contributed by atoms with van der Waals surface area (Å²) in [5.74, 6) is 0.0822. The molecule has 1 saturated carbocycles. The molecule has 0 amide bonds. The summed E-state index contributed by atoms with van der Waals surface area (Å²) < 4.78 is 13.9. The molecular weight excluding hydrogens is 245 g/mol. The van der Waals surface area contributed by atoms with Gasteiger partial charge in [0.25, 0.3) is 0 Å². The number of benzene rings is 1. The van der Waals surface area contributed by atoms with Crippen LogP contribution in [0, 0.1) is 11.2 Å². The molecule has 1 aromatic carbocycles. The maximum absolute atomic E-state index is 13.1. The molecule has 3 heteroatoms. The summed E-state index contributed by atoms with van der Waals surface area (Å²) in [5, 5.41) is 0. The molecular formula is C11H13BrFN. The van der Waals surface area contributed by atoms with Gasteiger partial charge < -0.3 is 5.73 Å². The van der Waals surface area contributed by atoms with Crippen LogP contribution in [-0.4, -0.2) is 6.04 Å². The Morgan fingerprint density at radius 1 is 1.36 bits per heavy atom. The van der Waals surface area contributed by atoms with Gasteiger partial charge in [0.1, 0.15) is 5.82 Å². The van der Waals surface area contributed by atoms with E-state index in [2.05, 4.69) is 29.8 Å². The lowest BCUT2D eigenvalue weighted by Crippen LogP contribution is -2.06. The Labute approximate surface area is 91.6 Å². The first-order chi connectivity index (χ1) is 6.43. The van der Waals surface area contributed by atoms with Gasteiger partial charge in [-0.3, -0.25) is 0 Å². The molecule has 2 atom stereocenters. The number of rotatable bonds is 1. The van der Waals surface area contributed by atoms with Crippen molar-refractivity contribution in [2.75, 3.05) is 0 Å². The fourth-order valence-corrected chi connectivity index (χ4v) is 2.55. The SMILES string of the molecule is CC1(C)[C@@H](N)[C@@H]1c1cc(F)cc(Br)c1. The van der Waals surface area contributed by atoms with Gasteiger partial charge in [-0.2, -0.15) is 0 Å². The third-order valence-electron chi connectivity index (χ3n) is 3.15. The molecule has 0 bridgehead atoms. The highest BCUT2D eigenvalue weighted by molar-refractivity contribution is 9.10. The highest BCUT2D eigenvalue weighted by Crippen LogP contribution is 2.57. The maximum atomic E-state index is 13.1. The van der Waals surface area contributed by atoms with Crippen LogP contribution in [0.15, 0.2) is 22.7 Å². The van der Waals surface area contributed by atoms with Crippen molar-refractivity contribution in [3.63, 3.8) is 0 Å². The van der Waals surface area contributed by atoms with E-state index in [0.717, 1.165) is 10.0 Å². The first-order valence-corrected chi connectivity index (χ1v) is 5.44. The molecule has 0 aliphatic heterocycles. The lowest BCUT2D eigenvalue weighted by atomic mass is 10.0. The molecule has 0 saturated heterocycles. The fraction of sp³-hybridized carbons (Fsp3) is 0.455. The average molecular weight is 258 g/mol. The van der Waals surface area contributed by atoms with Gasteiger partial charge in [0, 0.05) is 16.4 Å². The largest absolute Gasteiger partial charge is 0.327 e. The topological polar surface area (TPSA) is 26.0 Å². The number of halogens is 2. The van der Waals surface area contributed by atoms with Gasteiger partial charge in [-0.15, -0.1) is 0 Å². The number of hydrogen-bond acceptors (Lipinski definition) is 1. The van der Waals surface area contributed by atoms with Crippen LogP contribution >= 0.6 is 15.9 Å². The molecule has 1 fully saturated rings. The zero-order valence-electron chi connectivity index (χ0n) is 8.22. The van der Waals surface area contributed by atoms with Crippen LogP contribution in [0.4, 0.5) is 4.39 Å². The summed E-state index contributed by atoms with van der Waals surface area (Å²) in [4.78, 5) is 0. The molecule has 0 spiro atoms. The summed E-state index contributed by atoms with van der Waals surface area (Å²) in [5.41, 5.74) is 7.04. The van der Waals surface area contributed by atoms with E-state index in [-0.39, 0.29) is 23.2 Å². The zero-order valence-corrected chi connectivity index (χ0v) is 9.81. The summed E-state index contributed by atoms with van der Waals surface area (Å²) in [6, 6.07) is 5.13. The molecule has 1 nitrogen and oxygen atoms in total. The van der Waals surface area contributed by atoms with Gasteiger partial charge in [0.05, 0.1) is 0 Å². The molecule has 1 aliphatic carbocycles. The maximum Gasteiger partial charge on any atom is 0.124 e. The van der Waals surface area contributed by atoms with Crippen LogP contribution < -0.4 is 5.73 Å². The number of hydrogen-bond donors (Lipinski definition) is 1. The van der Waals surface area contributed by atoms with Crippen LogP contribution in [0.2, 0.25) is 0 Å². The minimum atomic E-state index is -0.204. The summed E-state index contributed by atoms with van der Waals surface area (Å²) >= 11 is 3.29. The van der Waals surface area contributed by atoms with Crippen molar-refractivity contribution in [1.29, 1.82) is 0 Å². The third kappa shape index (κ3) is 1.48. The smallest absolute Gasteiger partial charge is 0.124 e. The Kier molecular flexibility index (Phi) is 2.20. The second kappa shape index (κ2) is 3.04. The molecule has 0 radical (unpaired) electrons. The van der Waals surface area contributed by atoms with Crippen molar-refractivity contribution < 1.29 is 4.39 Å². The lowest BCUT2D eigenvalue weighted by Gasteiger charge is -2.03. The van der Waals surface area contributed by atoms with E-state index in [1.165, 1.54) is 6.07 Å². The highest BCUT2D eigenvalue weighted by Gasteiger charge is 2.56. The van der Waals surface area contributed by atoms with Gasteiger partial charge in [-0.05, 0) is 29.2 Å². The Morgan fingerprint density at radius 3 is 2.36 bits per heavy atom. The van der Waals surface area contributed by atoms with Crippen LogP contribution in [-0.2, 0) is 0 Å². The van der Waals surface area contributed by atoms with Gasteiger partial charge >= 0.3 is 0 Å². The minimum absolute atomic E-state index is 0.104. The van der Waals surface area contributed by atoms with E-state index in [0.29, 0.717) is 0 Å². The van der Waals surface area contributed by atoms with E-state index < -0.39 is 0 Å². The molecule has 1 aromatic rings. The highest BCUT2D eigenvalue weighted by atomic mass is 79.9. The second-order valence-corrected chi connectivity index (χ2v) is 5.44. The molecule has 0 aromatic heterocycles. The average Bonchev–Trinajstić information content (AvgIpc) is 2.48. The van der Waals surface area contributed by atoms with Crippen molar-refractivity contribution in [2.45, 2.75) is 25.8 Å². The predicted molar refractivity (Wildman–Crippen MR) is 58.6 cm³/mol. The van der Waals surface area contributed by atoms with E-state index in [9.17, 15) is 4.39 Å². The molecule has 0 heterocycles. The molecule has 14 heavy (non-hydrogen) atoms. The quantitative estimate of drug-likeness (QED) is 0.823. The Morgan fingerprint density at radius 2 is 1.93 bits per heavy atom. The molecule has 2 N–H and O–H groups in total. The molecule has 0 unspecified atom stereocenters. The Bertz CT molecular complexity index is 355. The first kappa shape index (κ1) is 10.1. The molecule has 2 rings (SSSR count). The Hall–Kier alpha value is -0.410. The van der Waals surface area contributed by atoms with Crippen molar-refractivity contribution >= 4 is 15.9 Å².